The van der Waals surface area contributed by atoms with Gasteiger partial charge in [0, 0.05) is 30.7 Å². The molecular weight excluding hydrogens is 378 g/mol. The number of phenols is 1. The Labute approximate surface area is 176 Å². The van der Waals surface area contributed by atoms with Gasteiger partial charge in [0.25, 0.3) is 0 Å². The summed E-state index contributed by atoms with van der Waals surface area (Å²) in [5, 5.41) is 16.8. The minimum Gasteiger partial charge on any atom is -0.508 e. The van der Waals surface area contributed by atoms with Gasteiger partial charge in [-0.3, -0.25) is 0 Å². The average molecular weight is 410 g/mol. The fourth-order valence-electron chi connectivity index (χ4n) is 4.03. The maximum atomic E-state index is 10.2. The van der Waals surface area contributed by atoms with E-state index in [0.29, 0.717) is 30.9 Å². The second kappa shape index (κ2) is 8.87. The number of imidazole rings is 1. The lowest BCUT2D eigenvalue weighted by Gasteiger charge is -2.23. The number of nitrogens with zero attached hydrogens (tertiary/aromatic N) is 4. The number of nitrogens with two attached hydrogens (primary N) is 1. The zero-order valence-electron chi connectivity index (χ0n) is 17.7. The SMILES string of the molecule is Cc1ccc(O)c(CNc2nc(NCC(C)N)nc3c2ncn3C2CCCCC2)c1. The standard InChI is InChI=1S/C22H31N7O/c1-14-8-9-18(30)16(10-14)12-24-20-19-21(28-22(27-20)25-11-15(2)23)29(13-26-19)17-6-4-3-5-7-17/h8-10,13,15,17,30H,3-7,11-12,23H2,1-2H3,(H2,24,25,27,28). The molecule has 1 atom stereocenters. The third-order valence-electron chi connectivity index (χ3n) is 5.65. The number of hydrogen-bond acceptors (Lipinski definition) is 7. The maximum Gasteiger partial charge on any atom is 0.226 e. The van der Waals surface area contributed by atoms with E-state index in [2.05, 4.69) is 25.2 Å². The minimum absolute atomic E-state index is 0.00629. The predicted molar refractivity (Wildman–Crippen MR) is 120 cm³/mol. The van der Waals surface area contributed by atoms with Gasteiger partial charge < -0.3 is 26.0 Å². The summed E-state index contributed by atoms with van der Waals surface area (Å²) in [5.41, 5.74) is 9.40. The summed E-state index contributed by atoms with van der Waals surface area (Å²) >= 11 is 0. The molecule has 0 spiro atoms. The number of benzene rings is 1. The summed E-state index contributed by atoms with van der Waals surface area (Å²) in [7, 11) is 0. The Bertz CT molecular complexity index is 1010. The fraction of sp³-hybridized carbons (Fsp3) is 0.500. The molecule has 1 unspecified atom stereocenters. The molecule has 0 aliphatic heterocycles. The molecule has 0 saturated heterocycles. The molecule has 3 aromatic rings. The molecular formula is C22H31N7O. The van der Waals surface area contributed by atoms with Gasteiger partial charge in [0.05, 0.1) is 6.33 Å². The molecule has 4 rings (SSSR count). The van der Waals surface area contributed by atoms with Gasteiger partial charge in [-0.2, -0.15) is 9.97 Å². The van der Waals surface area contributed by atoms with Crippen molar-refractivity contribution in [3.8, 4) is 5.75 Å². The first-order valence-corrected chi connectivity index (χ1v) is 10.8. The van der Waals surface area contributed by atoms with Crippen LogP contribution in [0.4, 0.5) is 11.8 Å². The van der Waals surface area contributed by atoms with E-state index < -0.39 is 0 Å². The number of aromatic hydroxyl groups is 1. The van der Waals surface area contributed by atoms with E-state index in [1.807, 2.05) is 32.3 Å². The topological polar surface area (TPSA) is 114 Å². The summed E-state index contributed by atoms with van der Waals surface area (Å²) in [6, 6.07) is 6.00. The molecule has 8 nitrogen and oxygen atoms in total. The van der Waals surface area contributed by atoms with Crippen LogP contribution >= 0.6 is 0 Å². The highest BCUT2D eigenvalue weighted by Gasteiger charge is 2.21. The quantitative estimate of drug-likeness (QED) is 0.470. The number of aryl methyl sites for hydroxylation is 1. The van der Waals surface area contributed by atoms with Crippen molar-refractivity contribution in [2.75, 3.05) is 17.2 Å². The highest BCUT2D eigenvalue weighted by Crippen LogP contribution is 2.32. The number of phenolic OH excluding ortho intramolecular Hbond substituents is 1. The van der Waals surface area contributed by atoms with Crippen LogP contribution in [0.5, 0.6) is 5.75 Å². The summed E-state index contributed by atoms with van der Waals surface area (Å²) in [6.45, 7) is 4.98. The second-order valence-corrected chi connectivity index (χ2v) is 8.36. The second-order valence-electron chi connectivity index (χ2n) is 8.36. The monoisotopic (exact) mass is 409 g/mol. The molecule has 1 saturated carbocycles. The van der Waals surface area contributed by atoms with Gasteiger partial charge >= 0.3 is 0 Å². The molecule has 160 valence electrons. The van der Waals surface area contributed by atoms with Crippen LogP contribution in [-0.2, 0) is 6.54 Å². The molecule has 0 amide bonds. The van der Waals surface area contributed by atoms with E-state index in [4.69, 9.17) is 10.7 Å². The number of fused-ring (bicyclic) bond motifs is 1. The van der Waals surface area contributed by atoms with Gasteiger partial charge in [0.1, 0.15) is 5.75 Å². The number of hydrogen-bond donors (Lipinski definition) is 4. The Hall–Kier alpha value is -2.87. The molecule has 0 bridgehead atoms. The van der Waals surface area contributed by atoms with Gasteiger partial charge in [-0.05, 0) is 32.8 Å². The van der Waals surface area contributed by atoms with Crippen LogP contribution in [0.25, 0.3) is 11.2 Å². The molecule has 2 aromatic heterocycles. The number of anilines is 2. The maximum absolute atomic E-state index is 10.2. The lowest BCUT2D eigenvalue weighted by molar-refractivity contribution is 0.358. The summed E-state index contributed by atoms with van der Waals surface area (Å²) in [5.74, 6) is 1.46. The van der Waals surface area contributed by atoms with Crippen LogP contribution in [0.2, 0.25) is 0 Å². The first-order chi connectivity index (χ1) is 14.5. The first kappa shape index (κ1) is 20.4. The lowest BCUT2D eigenvalue weighted by Crippen LogP contribution is -2.26. The van der Waals surface area contributed by atoms with Crippen molar-refractivity contribution < 1.29 is 5.11 Å². The van der Waals surface area contributed by atoms with Crippen LogP contribution in [0.3, 0.4) is 0 Å². The Morgan fingerprint density at radius 3 is 2.77 bits per heavy atom. The van der Waals surface area contributed by atoms with E-state index in [9.17, 15) is 5.11 Å². The largest absolute Gasteiger partial charge is 0.508 e. The molecule has 1 aliphatic rings. The van der Waals surface area contributed by atoms with Crippen molar-refractivity contribution in [1.29, 1.82) is 0 Å². The van der Waals surface area contributed by atoms with Crippen LogP contribution in [0, 0.1) is 6.92 Å². The van der Waals surface area contributed by atoms with Gasteiger partial charge in [0.15, 0.2) is 17.0 Å². The lowest BCUT2D eigenvalue weighted by atomic mass is 9.95. The van der Waals surface area contributed by atoms with Crippen molar-refractivity contribution >= 4 is 22.9 Å². The highest BCUT2D eigenvalue weighted by molar-refractivity contribution is 5.84. The van der Waals surface area contributed by atoms with Crippen molar-refractivity contribution in [2.24, 2.45) is 5.73 Å². The summed E-state index contributed by atoms with van der Waals surface area (Å²) in [4.78, 5) is 14.1. The molecule has 1 aromatic carbocycles. The smallest absolute Gasteiger partial charge is 0.226 e. The molecule has 0 radical (unpaired) electrons. The Balaban J connectivity index is 1.67. The summed E-state index contributed by atoms with van der Waals surface area (Å²) in [6.07, 6.45) is 7.97. The molecule has 2 heterocycles. The van der Waals surface area contributed by atoms with Crippen molar-refractivity contribution in [3.63, 3.8) is 0 Å². The van der Waals surface area contributed by atoms with E-state index in [1.165, 1.54) is 19.3 Å². The fourth-order valence-corrected chi connectivity index (χ4v) is 4.03. The predicted octanol–water partition coefficient (Wildman–Crippen LogP) is 3.72. The van der Waals surface area contributed by atoms with Gasteiger partial charge in [-0.25, -0.2) is 4.98 Å². The van der Waals surface area contributed by atoms with Gasteiger partial charge in [0.2, 0.25) is 5.95 Å². The molecule has 8 heteroatoms. The van der Waals surface area contributed by atoms with E-state index in [-0.39, 0.29) is 11.8 Å². The van der Waals surface area contributed by atoms with Crippen LogP contribution in [-0.4, -0.2) is 37.2 Å². The third-order valence-corrected chi connectivity index (χ3v) is 5.65. The van der Waals surface area contributed by atoms with Crippen LogP contribution in [0.15, 0.2) is 24.5 Å². The van der Waals surface area contributed by atoms with Crippen molar-refractivity contribution in [1.82, 2.24) is 19.5 Å². The zero-order valence-corrected chi connectivity index (χ0v) is 17.7. The van der Waals surface area contributed by atoms with E-state index in [1.54, 1.807) is 6.07 Å². The minimum atomic E-state index is -0.00629. The molecule has 5 N–H and O–H groups in total. The number of aromatic nitrogens is 4. The highest BCUT2D eigenvalue weighted by atomic mass is 16.3. The normalized spacial score (nSPS) is 16.0. The van der Waals surface area contributed by atoms with Gasteiger partial charge in [-0.1, -0.05) is 37.0 Å². The molecule has 1 aliphatic carbocycles. The summed E-state index contributed by atoms with van der Waals surface area (Å²) < 4.78 is 2.20. The Morgan fingerprint density at radius 2 is 2.00 bits per heavy atom. The Morgan fingerprint density at radius 1 is 1.20 bits per heavy atom. The molecule has 30 heavy (non-hydrogen) atoms. The van der Waals surface area contributed by atoms with Crippen LogP contribution < -0.4 is 16.4 Å². The third kappa shape index (κ3) is 4.48. The Kier molecular flexibility index (Phi) is 6.03. The van der Waals surface area contributed by atoms with Gasteiger partial charge in [-0.15, -0.1) is 0 Å². The van der Waals surface area contributed by atoms with E-state index >= 15 is 0 Å². The first-order valence-electron chi connectivity index (χ1n) is 10.8. The number of rotatable bonds is 7. The van der Waals surface area contributed by atoms with E-state index in [0.717, 1.165) is 35.1 Å². The van der Waals surface area contributed by atoms with Crippen LogP contribution in [0.1, 0.15) is 56.2 Å². The molecule has 1 fully saturated rings. The van der Waals surface area contributed by atoms with Crippen molar-refractivity contribution in [3.05, 3.63) is 35.7 Å². The van der Waals surface area contributed by atoms with Crippen molar-refractivity contribution in [2.45, 2.75) is 64.6 Å². The number of nitrogens with one attached hydrogen (secondary N) is 2. The zero-order chi connectivity index (χ0) is 21.1. The average Bonchev–Trinajstić information content (AvgIpc) is 3.17.